The number of primary amides is 1. The maximum Gasteiger partial charge on any atom is 0.404 e. The minimum atomic E-state index is -1.05. The van der Waals surface area contributed by atoms with Crippen molar-refractivity contribution in [2.75, 3.05) is 23.3 Å². The fraction of sp³-hybridized carbons (Fsp3) is 0.520. The van der Waals surface area contributed by atoms with E-state index >= 15 is 0 Å². The molecule has 1 fully saturated rings. The monoisotopic (exact) mass is 468 g/mol. The zero-order chi connectivity index (χ0) is 25.3. The quantitative estimate of drug-likeness (QED) is 0.518. The predicted molar refractivity (Wildman–Crippen MR) is 134 cm³/mol. The van der Waals surface area contributed by atoms with Gasteiger partial charge in [0.2, 0.25) is 5.95 Å². The fourth-order valence-corrected chi connectivity index (χ4v) is 3.95. The van der Waals surface area contributed by atoms with E-state index in [1.54, 1.807) is 0 Å². The van der Waals surface area contributed by atoms with Crippen LogP contribution in [0.5, 0.6) is 0 Å². The lowest BCUT2D eigenvalue weighted by Gasteiger charge is -2.32. The highest BCUT2D eigenvalue weighted by Crippen LogP contribution is 2.33. The summed E-state index contributed by atoms with van der Waals surface area (Å²) in [6.07, 6.45) is 1.94. The number of amides is 2. The highest BCUT2D eigenvalue weighted by molar-refractivity contribution is 5.98. The number of nitrogens with zero attached hydrogens (tertiary/aromatic N) is 3. The Hall–Kier alpha value is -3.36. The van der Waals surface area contributed by atoms with Gasteiger partial charge < -0.3 is 26.4 Å². The SMILES string of the molecule is CC(C)(C)c1cc(Nc2nc(N3CCCC(NC(=O)O)C3)ncc2C(N)=O)cc(C(C)(C)C)c1. The van der Waals surface area contributed by atoms with Crippen molar-refractivity contribution >= 4 is 29.5 Å². The molecule has 0 aliphatic carbocycles. The van der Waals surface area contributed by atoms with Crippen LogP contribution in [0.1, 0.15) is 75.9 Å². The van der Waals surface area contributed by atoms with Gasteiger partial charge in [0.05, 0.1) is 0 Å². The summed E-state index contributed by atoms with van der Waals surface area (Å²) in [5, 5.41) is 14.9. The second-order valence-corrected chi connectivity index (χ2v) is 11.0. The summed E-state index contributed by atoms with van der Waals surface area (Å²) in [7, 11) is 0. The van der Waals surface area contributed by atoms with Crippen molar-refractivity contribution in [3.63, 3.8) is 0 Å². The molecule has 2 amide bonds. The lowest BCUT2D eigenvalue weighted by Crippen LogP contribution is -2.48. The van der Waals surface area contributed by atoms with Gasteiger partial charge in [0, 0.05) is 31.0 Å². The third kappa shape index (κ3) is 6.15. The zero-order valence-corrected chi connectivity index (χ0v) is 20.9. The summed E-state index contributed by atoms with van der Waals surface area (Å²) in [6, 6.07) is 6.14. The molecule has 1 aliphatic rings. The van der Waals surface area contributed by atoms with E-state index in [0.29, 0.717) is 24.9 Å². The van der Waals surface area contributed by atoms with Gasteiger partial charge in [0.15, 0.2) is 0 Å². The molecule has 1 unspecified atom stereocenters. The molecule has 3 rings (SSSR count). The third-order valence-electron chi connectivity index (χ3n) is 6.00. The molecule has 9 nitrogen and oxygen atoms in total. The van der Waals surface area contributed by atoms with Gasteiger partial charge in [-0.2, -0.15) is 4.98 Å². The van der Waals surface area contributed by atoms with Gasteiger partial charge in [0.25, 0.3) is 5.91 Å². The molecular weight excluding hydrogens is 432 g/mol. The van der Waals surface area contributed by atoms with Crippen molar-refractivity contribution < 1.29 is 14.7 Å². The number of rotatable bonds is 5. The molecule has 2 heterocycles. The zero-order valence-electron chi connectivity index (χ0n) is 20.9. The summed E-state index contributed by atoms with van der Waals surface area (Å²) in [5.41, 5.74) is 8.82. The number of carboxylic acid groups (broad SMARTS) is 1. The summed E-state index contributed by atoms with van der Waals surface area (Å²) in [6.45, 7) is 14.1. The maximum atomic E-state index is 12.1. The van der Waals surface area contributed by atoms with Gasteiger partial charge in [-0.15, -0.1) is 0 Å². The Kier molecular flexibility index (Phi) is 7.05. The Morgan fingerprint density at radius 2 is 1.71 bits per heavy atom. The smallest absolute Gasteiger partial charge is 0.404 e. The second-order valence-electron chi connectivity index (χ2n) is 11.0. The van der Waals surface area contributed by atoms with Crippen molar-refractivity contribution in [1.82, 2.24) is 15.3 Å². The number of aromatic nitrogens is 2. The minimum Gasteiger partial charge on any atom is -0.465 e. The van der Waals surface area contributed by atoms with Crippen LogP contribution in [0.3, 0.4) is 0 Å². The van der Waals surface area contributed by atoms with E-state index in [1.807, 2.05) is 4.90 Å². The van der Waals surface area contributed by atoms with Crippen molar-refractivity contribution in [3.05, 3.63) is 41.1 Å². The molecule has 34 heavy (non-hydrogen) atoms. The first kappa shape index (κ1) is 25.3. The number of hydrogen-bond acceptors (Lipinski definition) is 6. The molecule has 1 atom stereocenters. The molecular formula is C25H36N6O3. The molecule has 1 aliphatic heterocycles. The first-order valence-electron chi connectivity index (χ1n) is 11.6. The first-order chi connectivity index (χ1) is 15.7. The molecule has 2 aromatic rings. The molecule has 0 radical (unpaired) electrons. The Morgan fingerprint density at radius 3 is 2.24 bits per heavy atom. The van der Waals surface area contributed by atoms with Gasteiger partial charge in [-0.1, -0.05) is 47.6 Å². The topological polar surface area (TPSA) is 133 Å². The highest BCUT2D eigenvalue weighted by Gasteiger charge is 2.25. The largest absolute Gasteiger partial charge is 0.465 e. The van der Waals surface area contributed by atoms with Crippen LogP contribution in [0, 0.1) is 0 Å². The van der Waals surface area contributed by atoms with E-state index in [0.717, 1.165) is 29.7 Å². The Morgan fingerprint density at radius 1 is 1.09 bits per heavy atom. The van der Waals surface area contributed by atoms with Crippen molar-refractivity contribution in [2.24, 2.45) is 5.73 Å². The Bertz CT molecular complexity index is 1040. The number of anilines is 3. The van der Waals surface area contributed by atoms with E-state index in [1.165, 1.54) is 6.20 Å². The van der Waals surface area contributed by atoms with Crippen LogP contribution in [0.4, 0.5) is 22.2 Å². The molecule has 0 spiro atoms. The Labute approximate surface area is 201 Å². The third-order valence-corrected chi connectivity index (χ3v) is 6.00. The molecule has 5 N–H and O–H groups in total. The molecule has 0 saturated carbocycles. The fourth-order valence-electron chi connectivity index (χ4n) is 3.95. The standard InChI is InChI=1S/C25H36N6O3/c1-24(2,3)15-10-16(25(4,5)6)12-18(11-15)28-21-19(20(26)32)13-27-22(30-21)31-9-7-8-17(14-31)29-23(33)34/h10-13,17,29H,7-9,14H2,1-6H3,(H2,26,32)(H,33,34)(H,27,28,30). The predicted octanol–water partition coefficient (Wildman–Crippen LogP) is 4.15. The van der Waals surface area contributed by atoms with E-state index in [2.05, 4.69) is 80.3 Å². The van der Waals surface area contributed by atoms with Crippen LogP contribution in [-0.4, -0.2) is 46.2 Å². The second kappa shape index (κ2) is 9.48. The van der Waals surface area contributed by atoms with Gasteiger partial charge in [-0.05, 0) is 46.9 Å². The number of carbonyl (C=O) groups excluding carboxylic acids is 1. The van der Waals surface area contributed by atoms with Crippen molar-refractivity contribution in [2.45, 2.75) is 71.3 Å². The molecule has 1 aromatic heterocycles. The normalized spacial score (nSPS) is 16.8. The van der Waals surface area contributed by atoms with Gasteiger partial charge in [0.1, 0.15) is 11.4 Å². The molecule has 184 valence electrons. The van der Waals surface area contributed by atoms with Crippen LogP contribution < -0.4 is 21.3 Å². The minimum absolute atomic E-state index is 0.0685. The van der Waals surface area contributed by atoms with Crippen LogP contribution in [0.15, 0.2) is 24.4 Å². The van der Waals surface area contributed by atoms with Crippen LogP contribution >= 0.6 is 0 Å². The number of piperidine rings is 1. The molecule has 1 saturated heterocycles. The molecule has 1 aromatic carbocycles. The van der Waals surface area contributed by atoms with Crippen molar-refractivity contribution in [1.29, 1.82) is 0 Å². The Balaban J connectivity index is 1.99. The average Bonchev–Trinajstić information content (AvgIpc) is 2.72. The van der Waals surface area contributed by atoms with Gasteiger partial charge in [-0.25, -0.2) is 9.78 Å². The summed E-state index contributed by atoms with van der Waals surface area (Å²) < 4.78 is 0. The molecule has 0 bridgehead atoms. The van der Waals surface area contributed by atoms with Crippen LogP contribution in [0.2, 0.25) is 0 Å². The van der Waals surface area contributed by atoms with Crippen LogP contribution in [-0.2, 0) is 10.8 Å². The van der Waals surface area contributed by atoms with Gasteiger partial charge in [-0.3, -0.25) is 4.79 Å². The number of hydrogen-bond donors (Lipinski definition) is 4. The van der Waals surface area contributed by atoms with E-state index in [-0.39, 0.29) is 22.4 Å². The summed E-state index contributed by atoms with van der Waals surface area (Å²) in [5.74, 6) is 0.130. The number of nitrogens with one attached hydrogen (secondary N) is 2. The lowest BCUT2D eigenvalue weighted by atomic mass is 9.80. The van der Waals surface area contributed by atoms with Crippen molar-refractivity contribution in [3.8, 4) is 0 Å². The van der Waals surface area contributed by atoms with E-state index in [4.69, 9.17) is 10.8 Å². The average molecular weight is 469 g/mol. The van der Waals surface area contributed by atoms with Crippen LogP contribution in [0.25, 0.3) is 0 Å². The lowest BCUT2D eigenvalue weighted by molar-refractivity contribution is 0.100. The number of benzene rings is 1. The van der Waals surface area contributed by atoms with Gasteiger partial charge >= 0.3 is 6.09 Å². The van der Waals surface area contributed by atoms with E-state index < -0.39 is 12.0 Å². The molecule has 9 heteroatoms. The first-order valence-corrected chi connectivity index (χ1v) is 11.6. The summed E-state index contributed by atoms with van der Waals surface area (Å²) >= 11 is 0. The maximum absolute atomic E-state index is 12.1. The number of carbonyl (C=O) groups is 2. The van der Waals surface area contributed by atoms with E-state index in [9.17, 15) is 9.59 Å². The highest BCUT2D eigenvalue weighted by atomic mass is 16.4. The number of nitrogens with two attached hydrogens (primary N) is 1. The summed E-state index contributed by atoms with van der Waals surface area (Å²) in [4.78, 5) is 34.1.